The second-order valence-corrected chi connectivity index (χ2v) is 6.88. The Balaban J connectivity index is 1.86. The lowest BCUT2D eigenvalue weighted by atomic mass is 9.96. The lowest BCUT2D eigenvalue weighted by Gasteiger charge is -2.31. The average Bonchev–Trinajstić information content (AvgIpc) is 2.63. The number of hydrogen-bond acceptors (Lipinski definition) is 3. The lowest BCUT2D eigenvalue weighted by Crippen LogP contribution is -2.38. The van der Waals surface area contributed by atoms with Crippen LogP contribution in [0, 0.1) is 5.92 Å². The number of likely N-dealkylation sites (tertiary alicyclic amines) is 1. The van der Waals surface area contributed by atoms with E-state index >= 15 is 0 Å². The third-order valence-electron chi connectivity index (χ3n) is 4.99. The third kappa shape index (κ3) is 4.31. The Labute approximate surface area is 149 Å². The molecule has 1 saturated heterocycles. The standard InChI is InChI=1S/C21H27NO3/c1-2-3-13-25-20-11-10-16-7-4-5-9-18(16)19(20)15-22-12-6-8-17(14-22)21(23)24/h4-5,7,9-11,17H,2-3,6,8,12-15H2,1H3,(H,23,24). The van der Waals surface area contributed by atoms with Crippen LogP contribution in [0.15, 0.2) is 36.4 Å². The van der Waals surface area contributed by atoms with E-state index in [4.69, 9.17) is 4.74 Å². The van der Waals surface area contributed by atoms with Crippen molar-refractivity contribution in [3.05, 3.63) is 42.0 Å². The Kier molecular flexibility index (Phi) is 5.92. The molecule has 2 aromatic carbocycles. The van der Waals surface area contributed by atoms with E-state index in [1.165, 1.54) is 16.3 Å². The zero-order valence-corrected chi connectivity index (χ0v) is 14.9. The fourth-order valence-electron chi connectivity index (χ4n) is 3.57. The Morgan fingerprint density at radius 1 is 1.28 bits per heavy atom. The van der Waals surface area contributed by atoms with Gasteiger partial charge in [0.1, 0.15) is 5.75 Å². The first kappa shape index (κ1) is 17.7. The maximum absolute atomic E-state index is 11.4. The summed E-state index contributed by atoms with van der Waals surface area (Å²) in [6.07, 6.45) is 3.86. The van der Waals surface area contributed by atoms with Crippen LogP contribution < -0.4 is 4.74 Å². The van der Waals surface area contributed by atoms with Gasteiger partial charge >= 0.3 is 5.97 Å². The molecule has 3 rings (SSSR count). The van der Waals surface area contributed by atoms with Crippen LogP contribution in [-0.4, -0.2) is 35.7 Å². The molecule has 1 fully saturated rings. The molecular weight excluding hydrogens is 314 g/mol. The minimum Gasteiger partial charge on any atom is -0.493 e. The number of ether oxygens (including phenoxy) is 1. The van der Waals surface area contributed by atoms with Gasteiger partial charge in [-0.25, -0.2) is 0 Å². The van der Waals surface area contributed by atoms with Crippen molar-refractivity contribution in [1.82, 2.24) is 4.90 Å². The average molecular weight is 341 g/mol. The number of hydrogen-bond donors (Lipinski definition) is 1. The molecule has 0 aromatic heterocycles. The third-order valence-corrected chi connectivity index (χ3v) is 4.99. The van der Waals surface area contributed by atoms with E-state index in [0.29, 0.717) is 6.54 Å². The highest BCUT2D eigenvalue weighted by atomic mass is 16.5. The summed E-state index contributed by atoms with van der Waals surface area (Å²) in [5, 5.41) is 11.7. The quantitative estimate of drug-likeness (QED) is 0.762. The molecule has 2 aromatic rings. The predicted octanol–water partition coefficient (Wildman–Crippen LogP) is 4.32. The predicted molar refractivity (Wildman–Crippen MR) is 100.0 cm³/mol. The van der Waals surface area contributed by atoms with Crippen molar-refractivity contribution in [2.24, 2.45) is 5.92 Å². The second kappa shape index (κ2) is 8.34. The molecule has 0 saturated carbocycles. The Hall–Kier alpha value is -2.07. The summed E-state index contributed by atoms with van der Waals surface area (Å²) >= 11 is 0. The first-order valence-corrected chi connectivity index (χ1v) is 9.27. The highest BCUT2D eigenvalue weighted by molar-refractivity contribution is 5.87. The number of aliphatic carboxylic acids is 1. The highest BCUT2D eigenvalue weighted by Gasteiger charge is 2.26. The van der Waals surface area contributed by atoms with Gasteiger partial charge in [-0.1, -0.05) is 43.7 Å². The number of carboxylic acid groups (broad SMARTS) is 1. The van der Waals surface area contributed by atoms with Crippen LogP contribution >= 0.6 is 0 Å². The first-order chi connectivity index (χ1) is 12.2. The molecule has 4 nitrogen and oxygen atoms in total. The molecule has 0 aliphatic carbocycles. The maximum Gasteiger partial charge on any atom is 0.307 e. The summed E-state index contributed by atoms with van der Waals surface area (Å²) in [5.41, 5.74) is 1.18. The number of benzene rings is 2. The van der Waals surface area contributed by atoms with Gasteiger partial charge in [0.25, 0.3) is 0 Å². The summed E-state index contributed by atoms with van der Waals surface area (Å²) in [5.74, 6) is -0.000163. The largest absolute Gasteiger partial charge is 0.493 e. The van der Waals surface area contributed by atoms with Crippen LogP contribution in [0.25, 0.3) is 10.8 Å². The van der Waals surface area contributed by atoms with Gasteiger partial charge < -0.3 is 9.84 Å². The molecule has 0 radical (unpaired) electrons. The van der Waals surface area contributed by atoms with E-state index in [9.17, 15) is 9.90 Å². The number of fused-ring (bicyclic) bond motifs is 1. The van der Waals surface area contributed by atoms with Crippen molar-refractivity contribution < 1.29 is 14.6 Å². The molecule has 1 N–H and O–H groups in total. The monoisotopic (exact) mass is 341 g/mol. The fraction of sp³-hybridized carbons (Fsp3) is 0.476. The molecule has 1 unspecified atom stereocenters. The summed E-state index contributed by atoms with van der Waals surface area (Å²) in [4.78, 5) is 13.6. The topological polar surface area (TPSA) is 49.8 Å². The molecular formula is C21H27NO3. The first-order valence-electron chi connectivity index (χ1n) is 9.27. The molecule has 1 aliphatic rings. The van der Waals surface area contributed by atoms with Gasteiger partial charge in [-0.15, -0.1) is 0 Å². The number of carbonyl (C=O) groups is 1. The summed E-state index contributed by atoms with van der Waals surface area (Å²) in [7, 11) is 0. The number of unbranched alkanes of at least 4 members (excludes halogenated alkanes) is 1. The molecule has 1 atom stereocenters. The van der Waals surface area contributed by atoms with E-state index in [1.807, 2.05) is 6.07 Å². The molecule has 25 heavy (non-hydrogen) atoms. The van der Waals surface area contributed by atoms with Crippen molar-refractivity contribution >= 4 is 16.7 Å². The minimum atomic E-state index is -0.679. The van der Waals surface area contributed by atoms with E-state index in [0.717, 1.165) is 51.1 Å². The van der Waals surface area contributed by atoms with Crippen molar-refractivity contribution in [3.63, 3.8) is 0 Å². The van der Waals surface area contributed by atoms with Crippen LogP contribution in [0.3, 0.4) is 0 Å². The normalized spacial score (nSPS) is 18.4. The summed E-state index contributed by atoms with van der Waals surface area (Å²) < 4.78 is 6.06. The van der Waals surface area contributed by atoms with Gasteiger partial charge in [0.15, 0.2) is 0 Å². The number of carboxylic acids is 1. The fourth-order valence-corrected chi connectivity index (χ4v) is 3.57. The minimum absolute atomic E-state index is 0.256. The number of nitrogens with zero attached hydrogens (tertiary/aromatic N) is 1. The van der Waals surface area contributed by atoms with Gasteiger partial charge in [0.2, 0.25) is 0 Å². The zero-order valence-electron chi connectivity index (χ0n) is 14.9. The molecule has 4 heteroatoms. The Morgan fingerprint density at radius 2 is 2.12 bits per heavy atom. The molecule has 134 valence electrons. The molecule has 0 bridgehead atoms. The van der Waals surface area contributed by atoms with Crippen molar-refractivity contribution in [2.75, 3.05) is 19.7 Å². The van der Waals surface area contributed by atoms with E-state index < -0.39 is 5.97 Å². The van der Waals surface area contributed by atoms with Crippen LogP contribution in [-0.2, 0) is 11.3 Å². The van der Waals surface area contributed by atoms with Crippen molar-refractivity contribution in [3.8, 4) is 5.75 Å². The van der Waals surface area contributed by atoms with E-state index in [2.05, 4.69) is 42.2 Å². The number of rotatable bonds is 7. The Morgan fingerprint density at radius 3 is 2.92 bits per heavy atom. The van der Waals surface area contributed by atoms with Gasteiger partial charge in [-0.3, -0.25) is 9.69 Å². The van der Waals surface area contributed by atoms with E-state index in [-0.39, 0.29) is 5.92 Å². The molecule has 0 spiro atoms. The molecule has 0 amide bonds. The van der Waals surface area contributed by atoms with Gasteiger partial charge in [-0.05, 0) is 42.6 Å². The highest BCUT2D eigenvalue weighted by Crippen LogP contribution is 2.31. The summed E-state index contributed by atoms with van der Waals surface area (Å²) in [6, 6.07) is 12.5. The Bertz CT molecular complexity index is 728. The zero-order chi connectivity index (χ0) is 17.6. The SMILES string of the molecule is CCCCOc1ccc2ccccc2c1CN1CCCC(C(=O)O)C1. The second-order valence-electron chi connectivity index (χ2n) is 6.88. The van der Waals surface area contributed by atoms with Crippen LogP contribution in [0.2, 0.25) is 0 Å². The van der Waals surface area contributed by atoms with E-state index in [1.54, 1.807) is 0 Å². The maximum atomic E-state index is 11.4. The van der Waals surface area contributed by atoms with Gasteiger partial charge in [-0.2, -0.15) is 0 Å². The number of piperidine rings is 1. The van der Waals surface area contributed by atoms with Gasteiger partial charge in [0.05, 0.1) is 12.5 Å². The van der Waals surface area contributed by atoms with Crippen LogP contribution in [0.5, 0.6) is 5.75 Å². The smallest absolute Gasteiger partial charge is 0.307 e. The molecule has 1 aliphatic heterocycles. The van der Waals surface area contributed by atoms with Crippen LogP contribution in [0.4, 0.5) is 0 Å². The van der Waals surface area contributed by atoms with Crippen molar-refractivity contribution in [1.29, 1.82) is 0 Å². The molecule has 1 heterocycles. The van der Waals surface area contributed by atoms with Gasteiger partial charge in [0, 0.05) is 18.7 Å². The van der Waals surface area contributed by atoms with Crippen LogP contribution in [0.1, 0.15) is 38.2 Å². The van der Waals surface area contributed by atoms with Crippen molar-refractivity contribution in [2.45, 2.75) is 39.2 Å². The lowest BCUT2D eigenvalue weighted by molar-refractivity contribution is -0.143. The summed E-state index contributed by atoms with van der Waals surface area (Å²) in [6.45, 7) is 5.19.